The van der Waals surface area contributed by atoms with Gasteiger partial charge in [-0.05, 0) is 26.3 Å². The molecule has 1 aromatic heterocycles. The molecule has 0 bridgehead atoms. The Morgan fingerprint density at radius 2 is 1.85 bits per heavy atom. The quantitative estimate of drug-likeness (QED) is 0.874. The molecular weight excluding hydrogens is 254 g/mol. The Morgan fingerprint density at radius 1 is 1.25 bits per heavy atom. The number of hydrogen-bond acceptors (Lipinski definition) is 5. The Hall–Kier alpha value is -1.69. The van der Waals surface area contributed by atoms with Gasteiger partial charge in [0.05, 0.1) is 0 Å². The van der Waals surface area contributed by atoms with Gasteiger partial charge in [-0.2, -0.15) is 0 Å². The van der Waals surface area contributed by atoms with E-state index in [1.54, 1.807) is 18.5 Å². The van der Waals surface area contributed by atoms with Crippen molar-refractivity contribution in [3.63, 3.8) is 0 Å². The van der Waals surface area contributed by atoms with Crippen LogP contribution in [0.3, 0.4) is 0 Å². The van der Waals surface area contributed by atoms with Crippen LogP contribution in [0.2, 0.25) is 0 Å². The van der Waals surface area contributed by atoms with Crippen molar-refractivity contribution in [2.75, 3.05) is 31.1 Å². The van der Waals surface area contributed by atoms with Gasteiger partial charge in [0.25, 0.3) is 0 Å². The smallest absolute Gasteiger partial charge is 0.225 e. The van der Waals surface area contributed by atoms with Gasteiger partial charge >= 0.3 is 0 Å². The molecule has 0 radical (unpaired) electrons. The molecule has 2 heterocycles. The molecule has 6 nitrogen and oxygen atoms in total. The highest BCUT2D eigenvalue weighted by Crippen LogP contribution is 2.13. The molecule has 1 saturated heterocycles. The average molecular weight is 277 g/mol. The van der Waals surface area contributed by atoms with Crippen molar-refractivity contribution in [1.29, 1.82) is 0 Å². The molecule has 1 aromatic rings. The SMILES string of the molecule is CC(C)(N)CCC(=O)N1CCN(c2ncccn2)CC1. The van der Waals surface area contributed by atoms with E-state index in [-0.39, 0.29) is 11.4 Å². The highest BCUT2D eigenvalue weighted by atomic mass is 16.2. The number of hydrogen-bond donors (Lipinski definition) is 1. The van der Waals surface area contributed by atoms with E-state index in [1.165, 1.54) is 0 Å². The number of anilines is 1. The summed E-state index contributed by atoms with van der Waals surface area (Å²) in [6.45, 7) is 6.91. The Kier molecular flexibility index (Phi) is 4.54. The van der Waals surface area contributed by atoms with Crippen LogP contribution in [0, 0.1) is 0 Å². The van der Waals surface area contributed by atoms with Crippen LogP contribution in [-0.2, 0) is 4.79 Å². The van der Waals surface area contributed by atoms with Gasteiger partial charge in [0.1, 0.15) is 0 Å². The van der Waals surface area contributed by atoms with E-state index >= 15 is 0 Å². The number of amides is 1. The number of rotatable bonds is 4. The first-order valence-electron chi connectivity index (χ1n) is 7.04. The second-order valence-electron chi connectivity index (χ2n) is 5.91. The molecule has 0 unspecified atom stereocenters. The van der Waals surface area contributed by atoms with Gasteiger partial charge < -0.3 is 15.5 Å². The molecule has 0 aromatic carbocycles. The monoisotopic (exact) mass is 277 g/mol. The third-order valence-electron chi connectivity index (χ3n) is 3.45. The Morgan fingerprint density at radius 3 is 2.40 bits per heavy atom. The van der Waals surface area contributed by atoms with E-state index in [4.69, 9.17) is 5.73 Å². The van der Waals surface area contributed by atoms with Gasteiger partial charge in [-0.25, -0.2) is 9.97 Å². The van der Waals surface area contributed by atoms with Crippen molar-refractivity contribution in [2.24, 2.45) is 5.73 Å². The van der Waals surface area contributed by atoms with Crippen LogP contribution < -0.4 is 10.6 Å². The van der Waals surface area contributed by atoms with Crippen molar-refractivity contribution in [1.82, 2.24) is 14.9 Å². The van der Waals surface area contributed by atoms with Crippen LogP contribution in [0.5, 0.6) is 0 Å². The summed E-state index contributed by atoms with van der Waals surface area (Å²) in [4.78, 5) is 24.6. The highest BCUT2D eigenvalue weighted by molar-refractivity contribution is 5.76. The molecule has 20 heavy (non-hydrogen) atoms. The molecule has 2 N–H and O–H groups in total. The Balaban J connectivity index is 1.81. The fourth-order valence-corrected chi connectivity index (χ4v) is 2.20. The average Bonchev–Trinajstić information content (AvgIpc) is 2.45. The first-order chi connectivity index (χ1) is 9.46. The summed E-state index contributed by atoms with van der Waals surface area (Å²) < 4.78 is 0. The lowest BCUT2D eigenvalue weighted by atomic mass is 9.99. The Labute approximate surface area is 120 Å². The lowest BCUT2D eigenvalue weighted by Crippen LogP contribution is -2.49. The van der Waals surface area contributed by atoms with E-state index in [9.17, 15) is 4.79 Å². The van der Waals surface area contributed by atoms with E-state index in [0.717, 1.165) is 32.1 Å². The van der Waals surface area contributed by atoms with Gasteiger partial charge in [-0.3, -0.25) is 4.79 Å². The molecule has 1 amide bonds. The summed E-state index contributed by atoms with van der Waals surface area (Å²) >= 11 is 0. The molecule has 0 atom stereocenters. The third-order valence-corrected chi connectivity index (χ3v) is 3.45. The molecule has 0 aliphatic carbocycles. The standard InChI is InChI=1S/C14H23N5O/c1-14(2,15)5-4-12(20)18-8-10-19(11-9-18)13-16-6-3-7-17-13/h3,6-7H,4-5,8-11,15H2,1-2H3. The zero-order valence-electron chi connectivity index (χ0n) is 12.2. The fraction of sp³-hybridized carbons (Fsp3) is 0.643. The molecule has 1 fully saturated rings. The number of aromatic nitrogens is 2. The number of nitrogens with two attached hydrogens (primary N) is 1. The van der Waals surface area contributed by atoms with E-state index < -0.39 is 0 Å². The molecule has 110 valence electrons. The number of piperazine rings is 1. The fourth-order valence-electron chi connectivity index (χ4n) is 2.20. The Bertz CT molecular complexity index is 435. The van der Waals surface area contributed by atoms with Gasteiger partial charge in [0.2, 0.25) is 11.9 Å². The highest BCUT2D eigenvalue weighted by Gasteiger charge is 2.23. The minimum atomic E-state index is -0.282. The minimum Gasteiger partial charge on any atom is -0.339 e. The molecule has 1 aliphatic heterocycles. The van der Waals surface area contributed by atoms with Crippen LogP contribution >= 0.6 is 0 Å². The normalized spacial score (nSPS) is 16.4. The third kappa shape index (κ3) is 4.16. The largest absolute Gasteiger partial charge is 0.339 e. The molecular formula is C14H23N5O. The summed E-state index contributed by atoms with van der Waals surface area (Å²) in [5.41, 5.74) is 5.63. The summed E-state index contributed by atoms with van der Waals surface area (Å²) in [6.07, 6.45) is 4.71. The maximum absolute atomic E-state index is 12.1. The van der Waals surface area contributed by atoms with E-state index in [0.29, 0.717) is 12.8 Å². The summed E-state index contributed by atoms with van der Waals surface area (Å²) in [5.74, 6) is 0.930. The summed E-state index contributed by atoms with van der Waals surface area (Å²) in [6, 6.07) is 1.80. The molecule has 2 rings (SSSR count). The molecule has 6 heteroatoms. The van der Waals surface area contributed by atoms with Gasteiger partial charge in [0.15, 0.2) is 0 Å². The maximum atomic E-state index is 12.1. The topological polar surface area (TPSA) is 75.4 Å². The van der Waals surface area contributed by atoms with E-state index in [1.807, 2.05) is 18.7 Å². The second kappa shape index (κ2) is 6.17. The van der Waals surface area contributed by atoms with Gasteiger partial charge in [-0.15, -0.1) is 0 Å². The van der Waals surface area contributed by atoms with Crippen molar-refractivity contribution in [2.45, 2.75) is 32.2 Å². The van der Waals surface area contributed by atoms with Crippen molar-refractivity contribution < 1.29 is 4.79 Å². The van der Waals surface area contributed by atoms with Crippen LogP contribution in [-0.4, -0.2) is 52.5 Å². The van der Waals surface area contributed by atoms with Crippen LogP contribution in [0.1, 0.15) is 26.7 Å². The zero-order valence-corrected chi connectivity index (χ0v) is 12.2. The zero-order chi connectivity index (χ0) is 14.6. The van der Waals surface area contributed by atoms with Crippen molar-refractivity contribution in [3.05, 3.63) is 18.5 Å². The summed E-state index contributed by atoms with van der Waals surface area (Å²) in [7, 11) is 0. The van der Waals surface area contributed by atoms with Gasteiger partial charge in [-0.1, -0.05) is 0 Å². The predicted octanol–water partition coefficient (Wildman–Crippen LogP) is 0.643. The van der Waals surface area contributed by atoms with Crippen LogP contribution in [0.15, 0.2) is 18.5 Å². The second-order valence-corrected chi connectivity index (χ2v) is 5.91. The lowest BCUT2D eigenvalue weighted by Gasteiger charge is -2.35. The molecule has 0 saturated carbocycles. The van der Waals surface area contributed by atoms with E-state index in [2.05, 4.69) is 14.9 Å². The maximum Gasteiger partial charge on any atom is 0.225 e. The minimum absolute atomic E-state index is 0.192. The predicted molar refractivity (Wildman–Crippen MR) is 78.3 cm³/mol. The first-order valence-corrected chi connectivity index (χ1v) is 7.04. The molecule has 0 spiro atoms. The van der Waals surface area contributed by atoms with Crippen LogP contribution in [0.25, 0.3) is 0 Å². The summed E-state index contributed by atoms with van der Waals surface area (Å²) in [5, 5.41) is 0. The number of carbonyl (C=O) groups excluding carboxylic acids is 1. The van der Waals surface area contributed by atoms with Gasteiger partial charge in [0, 0.05) is 50.5 Å². The number of carbonyl (C=O) groups is 1. The van der Waals surface area contributed by atoms with Crippen LogP contribution in [0.4, 0.5) is 5.95 Å². The van der Waals surface area contributed by atoms with Crippen molar-refractivity contribution >= 4 is 11.9 Å². The first kappa shape index (κ1) is 14.7. The lowest BCUT2D eigenvalue weighted by molar-refractivity contribution is -0.131. The molecule has 1 aliphatic rings. The number of nitrogens with zero attached hydrogens (tertiary/aromatic N) is 4. The van der Waals surface area contributed by atoms with Crippen molar-refractivity contribution in [3.8, 4) is 0 Å².